The second kappa shape index (κ2) is 8.87. The van der Waals surface area contributed by atoms with Crippen LogP contribution in [0.3, 0.4) is 0 Å². The van der Waals surface area contributed by atoms with E-state index in [2.05, 4.69) is 4.74 Å². The summed E-state index contributed by atoms with van der Waals surface area (Å²) in [5.74, 6) is 0.225. The standard InChI is InChI=1S/C14H18ClNO3S/c1-3-16(10-14(18)19-2)13(17)8-9-20-12-6-4-11(15)5-7-12/h4-7H,3,8-10H2,1-2H3. The topological polar surface area (TPSA) is 46.6 Å². The van der Waals surface area contributed by atoms with Crippen molar-refractivity contribution >= 4 is 35.2 Å². The molecule has 0 fully saturated rings. The normalized spacial score (nSPS) is 10.2. The number of carbonyl (C=O) groups is 2. The van der Waals surface area contributed by atoms with Gasteiger partial charge in [-0.25, -0.2) is 0 Å². The maximum atomic E-state index is 12.0. The van der Waals surface area contributed by atoms with Gasteiger partial charge in [-0.1, -0.05) is 11.6 Å². The Labute approximate surface area is 128 Å². The fourth-order valence-electron chi connectivity index (χ4n) is 1.54. The number of carbonyl (C=O) groups excluding carboxylic acids is 2. The number of methoxy groups -OCH3 is 1. The summed E-state index contributed by atoms with van der Waals surface area (Å²) in [4.78, 5) is 25.7. The molecule has 0 N–H and O–H groups in total. The van der Waals surface area contributed by atoms with Gasteiger partial charge in [0.2, 0.25) is 5.91 Å². The maximum absolute atomic E-state index is 12.0. The zero-order valence-corrected chi connectivity index (χ0v) is 13.2. The van der Waals surface area contributed by atoms with Crippen molar-refractivity contribution in [3.05, 3.63) is 29.3 Å². The Hall–Kier alpha value is -1.20. The summed E-state index contributed by atoms with van der Waals surface area (Å²) >= 11 is 7.39. The molecule has 0 aromatic heterocycles. The fraction of sp³-hybridized carbons (Fsp3) is 0.429. The zero-order valence-electron chi connectivity index (χ0n) is 11.6. The molecule has 6 heteroatoms. The molecule has 0 bridgehead atoms. The molecule has 0 aliphatic carbocycles. The second-order valence-corrected chi connectivity index (χ2v) is 5.64. The Morgan fingerprint density at radius 2 is 1.95 bits per heavy atom. The van der Waals surface area contributed by atoms with Crippen molar-refractivity contribution in [1.82, 2.24) is 4.90 Å². The number of benzene rings is 1. The quantitative estimate of drug-likeness (QED) is 0.573. The zero-order chi connectivity index (χ0) is 15.0. The van der Waals surface area contributed by atoms with Crippen molar-refractivity contribution in [2.45, 2.75) is 18.2 Å². The van der Waals surface area contributed by atoms with Gasteiger partial charge in [0.05, 0.1) is 7.11 Å². The summed E-state index contributed by atoms with van der Waals surface area (Å²) in [6, 6.07) is 7.48. The third kappa shape index (κ3) is 5.84. The molecule has 4 nitrogen and oxygen atoms in total. The molecule has 0 aliphatic heterocycles. The highest BCUT2D eigenvalue weighted by Crippen LogP contribution is 2.21. The number of esters is 1. The van der Waals surface area contributed by atoms with Crippen LogP contribution in [0.2, 0.25) is 5.02 Å². The molecule has 1 aromatic carbocycles. The molecule has 1 rings (SSSR count). The van der Waals surface area contributed by atoms with Gasteiger partial charge in [-0.3, -0.25) is 9.59 Å². The highest BCUT2D eigenvalue weighted by Gasteiger charge is 2.15. The fourth-order valence-corrected chi connectivity index (χ4v) is 2.51. The highest BCUT2D eigenvalue weighted by molar-refractivity contribution is 7.99. The van der Waals surface area contributed by atoms with Gasteiger partial charge >= 0.3 is 5.97 Å². The Morgan fingerprint density at radius 3 is 2.50 bits per heavy atom. The van der Waals surface area contributed by atoms with Crippen molar-refractivity contribution < 1.29 is 14.3 Å². The average molecular weight is 316 g/mol. The van der Waals surface area contributed by atoms with E-state index in [-0.39, 0.29) is 12.5 Å². The predicted octanol–water partition coefficient (Wildman–Crippen LogP) is 2.84. The number of thioether (sulfide) groups is 1. The molecule has 110 valence electrons. The summed E-state index contributed by atoms with van der Waals surface area (Å²) in [5.41, 5.74) is 0. The van der Waals surface area contributed by atoms with Crippen LogP contribution in [0.5, 0.6) is 0 Å². The molecule has 0 radical (unpaired) electrons. The lowest BCUT2D eigenvalue weighted by molar-refractivity contribution is -0.146. The van der Waals surface area contributed by atoms with E-state index in [0.29, 0.717) is 23.7 Å². The molecule has 1 aromatic rings. The number of halogens is 1. The average Bonchev–Trinajstić information content (AvgIpc) is 2.46. The third-order valence-electron chi connectivity index (χ3n) is 2.68. The van der Waals surface area contributed by atoms with Crippen molar-refractivity contribution in [3.8, 4) is 0 Å². The van der Waals surface area contributed by atoms with Crippen LogP contribution in [0.25, 0.3) is 0 Å². The summed E-state index contributed by atoms with van der Waals surface area (Å²) in [5, 5.41) is 0.695. The van der Waals surface area contributed by atoms with E-state index in [1.165, 1.54) is 12.0 Å². The number of hydrogen-bond acceptors (Lipinski definition) is 4. The minimum Gasteiger partial charge on any atom is -0.468 e. The molecule has 0 saturated heterocycles. The smallest absolute Gasteiger partial charge is 0.325 e. The first-order valence-corrected chi connectivity index (χ1v) is 7.66. The van der Waals surface area contributed by atoms with Crippen LogP contribution < -0.4 is 0 Å². The molecule has 0 aliphatic rings. The third-order valence-corrected chi connectivity index (χ3v) is 3.95. The van der Waals surface area contributed by atoms with E-state index in [1.807, 2.05) is 31.2 Å². The van der Waals surface area contributed by atoms with Crippen LogP contribution in [0.4, 0.5) is 0 Å². The molecule has 1 amide bonds. The molecule has 0 spiro atoms. The SMILES string of the molecule is CCN(CC(=O)OC)C(=O)CCSc1ccc(Cl)cc1. The summed E-state index contributed by atoms with van der Waals surface area (Å²) in [6.45, 7) is 2.35. The van der Waals surface area contributed by atoms with Crippen LogP contribution in [0.15, 0.2) is 29.2 Å². The minimum absolute atomic E-state index is 0.0114. The monoisotopic (exact) mass is 315 g/mol. The lowest BCUT2D eigenvalue weighted by Crippen LogP contribution is -2.36. The van der Waals surface area contributed by atoms with Gasteiger partial charge in [0.25, 0.3) is 0 Å². The van der Waals surface area contributed by atoms with Gasteiger partial charge in [0, 0.05) is 28.6 Å². The molecule has 0 unspecified atom stereocenters. The Balaban J connectivity index is 2.37. The minimum atomic E-state index is -0.398. The predicted molar refractivity (Wildman–Crippen MR) is 81.1 cm³/mol. The van der Waals surface area contributed by atoms with Crippen molar-refractivity contribution in [3.63, 3.8) is 0 Å². The number of amides is 1. The van der Waals surface area contributed by atoms with Gasteiger partial charge < -0.3 is 9.64 Å². The summed E-state index contributed by atoms with van der Waals surface area (Å²) in [6.07, 6.45) is 0.387. The molecule has 0 atom stereocenters. The Kier molecular flexibility index (Phi) is 7.47. The largest absolute Gasteiger partial charge is 0.468 e. The van der Waals surface area contributed by atoms with E-state index >= 15 is 0 Å². The first-order chi connectivity index (χ1) is 9.56. The number of likely N-dealkylation sites (N-methyl/N-ethyl adjacent to an activating group) is 1. The van der Waals surface area contributed by atoms with Gasteiger partial charge in [-0.2, -0.15) is 0 Å². The maximum Gasteiger partial charge on any atom is 0.325 e. The molecule has 0 heterocycles. The van der Waals surface area contributed by atoms with Crippen molar-refractivity contribution in [2.75, 3.05) is 26.0 Å². The Morgan fingerprint density at radius 1 is 1.30 bits per heavy atom. The number of ether oxygens (including phenoxy) is 1. The van der Waals surface area contributed by atoms with E-state index in [1.54, 1.807) is 11.8 Å². The van der Waals surface area contributed by atoms with Gasteiger partial charge in [0.15, 0.2) is 0 Å². The molecule has 20 heavy (non-hydrogen) atoms. The number of hydrogen-bond donors (Lipinski definition) is 0. The second-order valence-electron chi connectivity index (χ2n) is 4.04. The van der Waals surface area contributed by atoms with Gasteiger partial charge in [-0.05, 0) is 31.2 Å². The number of rotatable bonds is 7. The van der Waals surface area contributed by atoms with E-state index in [9.17, 15) is 9.59 Å². The first-order valence-electron chi connectivity index (χ1n) is 6.29. The van der Waals surface area contributed by atoms with Gasteiger partial charge in [-0.15, -0.1) is 11.8 Å². The van der Waals surface area contributed by atoms with E-state index < -0.39 is 5.97 Å². The highest BCUT2D eigenvalue weighted by atomic mass is 35.5. The molecular formula is C14H18ClNO3S. The van der Waals surface area contributed by atoms with Crippen LogP contribution in [-0.4, -0.2) is 42.7 Å². The molecule has 0 saturated carbocycles. The summed E-state index contributed by atoms with van der Waals surface area (Å²) < 4.78 is 4.57. The lowest BCUT2D eigenvalue weighted by Gasteiger charge is -2.19. The molecular weight excluding hydrogens is 298 g/mol. The van der Waals surface area contributed by atoms with Crippen LogP contribution in [-0.2, 0) is 14.3 Å². The van der Waals surface area contributed by atoms with Crippen LogP contribution >= 0.6 is 23.4 Å². The van der Waals surface area contributed by atoms with E-state index in [4.69, 9.17) is 11.6 Å². The summed E-state index contributed by atoms with van der Waals surface area (Å²) in [7, 11) is 1.32. The lowest BCUT2D eigenvalue weighted by atomic mass is 10.3. The van der Waals surface area contributed by atoms with Crippen LogP contribution in [0, 0.1) is 0 Å². The van der Waals surface area contributed by atoms with Crippen molar-refractivity contribution in [2.24, 2.45) is 0 Å². The van der Waals surface area contributed by atoms with Crippen molar-refractivity contribution in [1.29, 1.82) is 0 Å². The number of nitrogens with zero attached hydrogens (tertiary/aromatic N) is 1. The first kappa shape index (κ1) is 16.9. The Bertz CT molecular complexity index is 450. The van der Waals surface area contributed by atoms with E-state index in [0.717, 1.165) is 4.90 Å². The van der Waals surface area contributed by atoms with Gasteiger partial charge in [0.1, 0.15) is 6.54 Å². The van der Waals surface area contributed by atoms with Crippen LogP contribution in [0.1, 0.15) is 13.3 Å².